The molecule has 4 aromatic rings. The topological polar surface area (TPSA) is 54.9 Å². The molecule has 0 aliphatic carbocycles. The summed E-state index contributed by atoms with van der Waals surface area (Å²) in [7, 11) is 0. The highest BCUT2D eigenvalue weighted by Crippen LogP contribution is 2.26. The number of carbonyl (C=O) groups excluding carboxylic acids is 1. The molecule has 29 heavy (non-hydrogen) atoms. The first-order chi connectivity index (χ1) is 14.1. The summed E-state index contributed by atoms with van der Waals surface area (Å²) in [4.78, 5) is 22.7. The van der Waals surface area contributed by atoms with E-state index < -0.39 is 0 Å². The Morgan fingerprint density at radius 2 is 1.76 bits per heavy atom. The van der Waals surface area contributed by atoms with Crippen molar-refractivity contribution in [3.05, 3.63) is 80.6 Å². The van der Waals surface area contributed by atoms with Crippen LogP contribution in [0.1, 0.15) is 26.1 Å². The van der Waals surface area contributed by atoms with Crippen LogP contribution in [-0.4, -0.2) is 15.9 Å². The van der Waals surface area contributed by atoms with Crippen molar-refractivity contribution in [1.82, 2.24) is 9.97 Å². The number of rotatable bonds is 6. The van der Waals surface area contributed by atoms with E-state index in [9.17, 15) is 4.79 Å². The largest absolute Gasteiger partial charge is 0.322 e. The van der Waals surface area contributed by atoms with E-state index in [4.69, 9.17) is 0 Å². The van der Waals surface area contributed by atoms with E-state index in [-0.39, 0.29) is 5.91 Å². The molecule has 0 aliphatic heterocycles. The summed E-state index contributed by atoms with van der Waals surface area (Å²) >= 11 is 5.00. The Morgan fingerprint density at radius 3 is 2.45 bits per heavy atom. The second kappa shape index (κ2) is 8.90. The van der Waals surface area contributed by atoms with E-state index in [1.54, 1.807) is 34.4 Å². The molecule has 0 radical (unpaired) electrons. The normalized spacial score (nSPS) is 10.8. The summed E-state index contributed by atoms with van der Waals surface area (Å²) in [5.41, 5.74) is 4.41. The number of benzene rings is 2. The van der Waals surface area contributed by atoms with E-state index in [0.29, 0.717) is 5.56 Å². The molecule has 0 saturated carbocycles. The molecule has 7 heteroatoms. The molecule has 0 fully saturated rings. The Morgan fingerprint density at radius 1 is 1.00 bits per heavy atom. The molecule has 0 aliphatic rings. The van der Waals surface area contributed by atoms with Crippen LogP contribution in [0.2, 0.25) is 0 Å². The first-order valence-corrected chi connectivity index (χ1v) is 11.8. The minimum absolute atomic E-state index is 0.122. The molecule has 0 bridgehead atoms. The van der Waals surface area contributed by atoms with E-state index in [1.807, 2.05) is 67.8 Å². The standard InChI is InChI=1S/C22H19N3OS3/c1-14-23-19(11-27-14)12-29-20-8-6-16(7-9-20)22(26)25-18-5-3-4-17(10-18)21-13-28-15(2)24-21/h3-11,13H,12H2,1-2H3,(H,25,26). The number of nitrogens with zero attached hydrogens (tertiary/aromatic N) is 2. The van der Waals surface area contributed by atoms with Gasteiger partial charge in [0.25, 0.3) is 5.91 Å². The molecular weight excluding hydrogens is 418 g/mol. The first-order valence-electron chi connectivity index (χ1n) is 9.04. The molecule has 2 heterocycles. The van der Waals surface area contributed by atoms with E-state index in [1.165, 1.54) is 0 Å². The zero-order chi connectivity index (χ0) is 20.2. The Kier molecular flexibility index (Phi) is 6.08. The third kappa shape index (κ3) is 5.12. The maximum Gasteiger partial charge on any atom is 0.255 e. The molecule has 4 rings (SSSR count). The third-order valence-corrected chi connectivity index (χ3v) is 6.85. The molecule has 146 valence electrons. The molecule has 0 saturated heterocycles. The second-order valence-corrected chi connectivity index (χ2v) is 9.63. The first kappa shape index (κ1) is 19.8. The van der Waals surface area contributed by atoms with Crippen molar-refractivity contribution in [1.29, 1.82) is 0 Å². The lowest BCUT2D eigenvalue weighted by atomic mass is 10.1. The quantitative estimate of drug-likeness (QED) is 0.353. The summed E-state index contributed by atoms with van der Waals surface area (Å²) in [6, 6.07) is 15.4. The van der Waals surface area contributed by atoms with Crippen molar-refractivity contribution in [2.75, 3.05) is 5.32 Å². The van der Waals surface area contributed by atoms with Gasteiger partial charge in [0.05, 0.1) is 21.4 Å². The number of nitrogens with one attached hydrogen (secondary N) is 1. The van der Waals surface area contributed by atoms with Crippen LogP contribution in [0.4, 0.5) is 5.69 Å². The summed E-state index contributed by atoms with van der Waals surface area (Å²) in [6.07, 6.45) is 0. The number of aromatic nitrogens is 2. The Bertz CT molecular complexity index is 1130. The predicted octanol–water partition coefficient (Wildman–Crippen LogP) is 6.43. The van der Waals surface area contributed by atoms with Gasteiger partial charge < -0.3 is 5.32 Å². The minimum Gasteiger partial charge on any atom is -0.322 e. The van der Waals surface area contributed by atoms with Crippen molar-refractivity contribution in [3.8, 4) is 11.3 Å². The Balaban J connectivity index is 1.39. The fraction of sp³-hybridized carbons (Fsp3) is 0.136. The number of hydrogen-bond donors (Lipinski definition) is 1. The van der Waals surface area contributed by atoms with E-state index in [2.05, 4.69) is 20.7 Å². The zero-order valence-electron chi connectivity index (χ0n) is 16.0. The fourth-order valence-corrected chi connectivity index (χ4v) is 4.92. The van der Waals surface area contributed by atoms with Crippen molar-refractivity contribution in [2.45, 2.75) is 24.5 Å². The highest BCUT2D eigenvalue weighted by molar-refractivity contribution is 7.98. The molecule has 1 amide bonds. The highest BCUT2D eigenvalue weighted by Gasteiger charge is 2.09. The molecule has 4 nitrogen and oxygen atoms in total. The van der Waals surface area contributed by atoms with Crippen molar-refractivity contribution >= 4 is 46.0 Å². The van der Waals surface area contributed by atoms with Gasteiger partial charge in [-0.15, -0.1) is 34.4 Å². The molecule has 2 aromatic carbocycles. The number of anilines is 1. The second-order valence-electron chi connectivity index (χ2n) is 6.46. The summed E-state index contributed by atoms with van der Waals surface area (Å²) in [5, 5.41) is 9.20. The Labute approximate surface area is 182 Å². The van der Waals surface area contributed by atoms with Crippen LogP contribution >= 0.6 is 34.4 Å². The van der Waals surface area contributed by atoms with Crippen LogP contribution in [0.3, 0.4) is 0 Å². The Hall–Kier alpha value is -2.48. The van der Waals surface area contributed by atoms with Crippen molar-refractivity contribution in [2.24, 2.45) is 0 Å². The zero-order valence-corrected chi connectivity index (χ0v) is 18.5. The van der Waals surface area contributed by atoms with Gasteiger partial charge in [-0.05, 0) is 50.2 Å². The average Bonchev–Trinajstić information content (AvgIpc) is 3.35. The van der Waals surface area contributed by atoms with Crippen molar-refractivity contribution in [3.63, 3.8) is 0 Å². The van der Waals surface area contributed by atoms with E-state index >= 15 is 0 Å². The van der Waals surface area contributed by atoms with Crippen LogP contribution in [-0.2, 0) is 5.75 Å². The SMILES string of the molecule is Cc1nc(CSc2ccc(C(=O)Nc3cccc(-c4csc(C)n4)c3)cc2)cs1. The lowest BCUT2D eigenvalue weighted by Gasteiger charge is -2.07. The van der Waals surface area contributed by atoms with Crippen molar-refractivity contribution < 1.29 is 4.79 Å². The third-order valence-electron chi connectivity index (χ3n) is 4.21. The maximum atomic E-state index is 12.6. The van der Waals surface area contributed by atoms with Gasteiger partial charge in [0.15, 0.2) is 0 Å². The molecule has 1 N–H and O–H groups in total. The van der Waals surface area contributed by atoms with Gasteiger partial charge in [0.1, 0.15) is 0 Å². The monoisotopic (exact) mass is 437 g/mol. The average molecular weight is 438 g/mol. The lowest BCUT2D eigenvalue weighted by Crippen LogP contribution is -2.11. The number of thiazole rings is 2. The van der Waals surface area contributed by atoms with Crippen LogP contribution in [0.5, 0.6) is 0 Å². The number of thioether (sulfide) groups is 1. The van der Waals surface area contributed by atoms with Gasteiger partial charge in [0, 0.05) is 38.2 Å². The number of aryl methyl sites for hydroxylation is 2. The molecular formula is C22H19N3OS3. The van der Waals surface area contributed by atoms with Gasteiger partial charge in [0.2, 0.25) is 0 Å². The van der Waals surface area contributed by atoms with Gasteiger partial charge in [-0.2, -0.15) is 0 Å². The number of amides is 1. The molecule has 2 aromatic heterocycles. The van der Waals surface area contributed by atoms with Crippen LogP contribution < -0.4 is 5.32 Å². The lowest BCUT2D eigenvalue weighted by molar-refractivity contribution is 0.102. The van der Waals surface area contributed by atoms with E-state index in [0.717, 1.165) is 43.3 Å². The molecule has 0 spiro atoms. The number of carbonyl (C=O) groups is 1. The fourth-order valence-electron chi connectivity index (χ4n) is 2.79. The minimum atomic E-state index is -0.122. The van der Waals surface area contributed by atoms with Gasteiger partial charge >= 0.3 is 0 Å². The van der Waals surface area contributed by atoms with Gasteiger partial charge in [-0.1, -0.05) is 12.1 Å². The summed E-state index contributed by atoms with van der Waals surface area (Å²) in [5.74, 6) is 0.710. The predicted molar refractivity (Wildman–Crippen MR) is 123 cm³/mol. The highest BCUT2D eigenvalue weighted by atomic mass is 32.2. The number of hydrogen-bond acceptors (Lipinski definition) is 6. The van der Waals surface area contributed by atoms with Gasteiger partial charge in [-0.3, -0.25) is 4.79 Å². The van der Waals surface area contributed by atoms with Crippen LogP contribution in [0.25, 0.3) is 11.3 Å². The maximum absolute atomic E-state index is 12.6. The summed E-state index contributed by atoms with van der Waals surface area (Å²) < 4.78 is 0. The molecule has 0 atom stereocenters. The van der Waals surface area contributed by atoms with Crippen LogP contribution in [0.15, 0.2) is 64.2 Å². The summed E-state index contributed by atoms with van der Waals surface area (Å²) in [6.45, 7) is 4.00. The van der Waals surface area contributed by atoms with Crippen LogP contribution in [0, 0.1) is 13.8 Å². The van der Waals surface area contributed by atoms with Gasteiger partial charge in [-0.25, -0.2) is 9.97 Å². The molecule has 0 unspecified atom stereocenters. The smallest absolute Gasteiger partial charge is 0.255 e.